The lowest BCUT2D eigenvalue weighted by molar-refractivity contribution is -0.137. The van der Waals surface area contributed by atoms with Crippen LogP contribution in [0.4, 0.5) is 0 Å². The molecule has 0 fully saturated rings. The van der Waals surface area contributed by atoms with E-state index in [9.17, 15) is 4.79 Å². The summed E-state index contributed by atoms with van der Waals surface area (Å²) in [4.78, 5) is 10.6. The first-order valence-corrected chi connectivity index (χ1v) is 5.83. The number of hydrogen-bond donors (Lipinski definition) is 2. The van der Waals surface area contributed by atoms with E-state index in [1.54, 1.807) is 0 Å². The van der Waals surface area contributed by atoms with Gasteiger partial charge in [-0.1, -0.05) is 31.6 Å². The van der Waals surface area contributed by atoms with Crippen LogP contribution in [0.25, 0.3) is 0 Å². The summed E-state index contributed by atoms with van der Waals surface area (Å²) in [5.74, 6) is -0.420. The van der Waals surface area contributed by atoms with Crippen LogP contribution in [0, 0.1) is 5.92 Å². The first-order chi connectivity index (χ1) is 7.54. The number of aliphatic carboxylic acids is 1. The number of carboxylic acids is 1. The Morgan fingerprint density at radius 3 is 2.50 bits per heavy atom. The summed E-state index contributed by atoms with van der Waals surface area (Å²) in [5, 5.41) is 8.70. The van der Waals surface area contributed by atoms with Gasteiger partial charge in [-0.3, -0.25) is 4.79 Å². The van der Waals surface area contributed by atoms with E-state index in [2.05, 4.69) is 19.6 Å². The number of allylic oxidation sites excluding steroid dienone is 2. The van der Waals surface area contributed by atoms with Crippen LogP contribution >= 0.6 is 0 Å². The molecule has 0 radical (unpaired) electrons. The lowest BCUT2D eigenvalue weighted by atomic mass is 9.93. The van der Waals surface area contributed by atoms with Crippen molar-refractivity contribution in [2.45, 2.75) is 45.6 Å². The average Bonchev–Trinajstić information content (AvgIpc) is 2.22. The second-order valence-electron chi connectivity index (χ2n) is 3.99. The molecule has 0 spiro atoms. The molecule has 2 atom stereocenters. The Morgan fingerprint density at radius 2 is 2.12 bits per heavy atom. The molecule has 2 unspecified atom stereocenters. The van der Waals surface area contributed by atoms with E-state index >= 15 is 0 Å². The van der Waals surface area contributed by atoms with Gasteiger partial charge < -0.3 is 10.8 Å². The molecule has 3 heteroatoms. The van der Waals surface area contributed by atoms with Crippen LogP contribution in [0.3, 0.4) is 0 Å². The highest BCUT2D eigenvalue weighted by Gasteiger charge is 2.13. The van der Waals surface area contributed by atoms with Crippen molar-refractivity contribution in [1.29, 1.82) is 0 Å². The number of carbonyl (C=O) groups is 1. The third-order valence-corrected chi connectivity index (χ3v) is 2.72. The number of carboxylic acid groups (broad SMARTS) is 1. The van der Waals surface area contributed by atoms with Crippen molar-refractivity contribution in [2.75, 3.05) is 0 Å². The number of nitrogens with two attached hydrogens (primary N) is 1. The maximum absolute atomic E-state index is 10.6. The van der Waals surface area contributed by atoms with Crippen molar-refractivity contribution in [1.82, 2.24) is 0 Å². The van der Waals surface area contributed by atoms with E-state index in [0.717, 1.165) is 24.8 Å². The molecular formula is C13H23NO2. The van der Waals surface area contributed by atoms with Gasteiger partial charge in [0.25, 0.3) is 0 Å². The molecule has 0 aliphatic carbocycles. The Morgan fingerprint density at radius 1 is 1.50 bits per heavy atom. The maximum Gasteiger partial charge on any atom is 0.305 e. The van der Waals surface area contributed by atoms with E-state index < -0.39 is 5.97 Å². The van der Waals surface area contributed by atoms with Gasteiger partial charge >= 0.3 is 5.97 Å². The van der Waals surface area contributed by atoms with Crippen LogP contribution in [0.15, 0.2) is 24.3 Å². The molecule has 92 valence electrons. The minimum absolute atomic E-state index is 0.00416. The summed E-state index contributed by atoms with van der Waals surface area (Å²) in [7, 11) is 0. The fourth-order valence-corrected chi connectivity index (χ4v) is 1.69. The van der Waals surface area contributed by atoms with Gasteiger partial charge in [-0.15, -0.1) is 6.58 Å². The van der Waals surface area contributed by atoms with Gasteiger partial charge in [0.1, 0.15) is 0 Å². The normalized spacial score (nSPS) is 15.6. The van der Waals surface area contributed by atoms with Gasteiger partial charge in [0.05, 0.1) is 6.42 Å². The van der Waals surface area contributed by atoms with Gasteiger partial charge in [0.15, 0.2) is 0 Å². The van der Waals surface area contributed by atoms with E-state index in [0.29, 0.717) is 5.92 Å². The zero-order chi connectivity index (χ0) is 12.6. The van der Waals surface area contributed by atoms with Gasteiger partial charge in [0.2, 0.25) is 0 Å². The first-order valence-electron chi connectivity index (χ1n) is 5.83. The molecule has 0 aliphatic rings. The van der Waals surface area contributed by atoms with Crippen molar-refractivity contribution in [3.8, 4) is 0 Å². The molecule has 0 bridgehead atoms. The topological polar surface area (TPSA) is 63.3 Å². The Hall–Kier alpha value is -1.09. The predicted molar refractivity (Wildman–Crippen MR) is 67.2 cm³/mol. The molecule has 0 aromatic heterocycles. The SMILES string of the molecule is C=CCC(/C=C(\CC)C(N)CC(=O)O)CC. The molecule has 0 rings (SSSR count). The van der Waals surface area contributed by atoms with Crippen LogP contribution in [-0.2, 0) is 4.79 Å². The standard InChI is InChI=1S/C13H23NO2/c1-4-7-10(5-2)8-11(6-3)12(14)9-13(15)16/h4,8,10,12H,1,5-7,9,14H2,2-3H3,(H,15,16)/b11-8+. The predicted octanol–water partition coefficient (Wildman–Crippen LogP) is 2.73. The third-order valence-electron chi connectivity index (χ3n) is 2.72. The summed E-state index contributed by atoms with van der Waals surface area (Å²) in [6.07, 6.45) is 6.76. The minimum Gasteiger partial charge on any atom is -0.481 e. The molecular weight excluding hydrogens is 202 g/mol. The van der Waals surface area contributed by atoms with Crippen molar-refractivity contribution in [3.05, 3.63) is 24.3 Å². The molecule has 0 saturated carbocycles. The van der Waals surface area contributed by atoms with Crippen LogP contribution in [0.2, 0.25) is 0 Å². The van der Waals surface area contributed by atoms with Gasteiger partial charge in [-0.05, 0) is 25.2 Å². The van der Waals surface area contributed by atoms with Crippen molar-refractivity contribution in [2.24, 2.45) is 11.7 Å². The molecule has 0 saturated heterocycles. The summed E-state index contributed by atoms with van der Waals surface area (Å²) < 4.78 is 0. The Balaban J connectivity index is 4.60. The van der Waals surface area contributed by atoms with Gasteiger partial charge in [-0.25, -0.2) is 0 Å². The van der Waals surface area contributed by atoms with Crippen molar-refractivity contribution < 1.29 is 9.90 Å². The monoisotopic (exact) mass is 225 g/mol. The molecule has 0 amide bonds. The fourth-order valence-electron chi connectivity index (χ4n) is 1.69. The van der Waals surface area contributed by atoms with Crippen LogP contribution < -0.4 is 5.73 Å². The molecule has 0 aromatic rings. The highest BCUT2D eigenvalue weighted by atomic mass is 16.4. The smallest absolute Gasteiger partial charge is 0.305 e. The van der Waals surface area contributed by atoms with Crippen LogP contribution in [0.1, 0.15) is 39.5 Å². The van der Waals surface area contributed by atoms with Crippen LogP contribution in [0.5, 0.6) is 0 Å². The molecule has 0 aromatic carbocycles. The first kappa shape index (κ1) is 14.9. The summed E-state index contributed by atoms with van der Waals surface area (Å²) in [6.45, 7) is 7.84. The van der Waals surface area contributed by atoms with Gasteiger partial charge in [-0.2, -0.15) is 0 Å². The maximum atomic E-state index is 10.6. The van der Waals surface area contributed by atoms with Gasteiger partial charge in [0, 0.05) is 6.04 Å². The lowest BCUT2D eigenvalue weighted by Crippen LogP contribution is -2.26. The summed E-state index contributed by atoms with van der Waals surface area (Å²) >= 11 is 0. The zero-order valence-electron chi connectivity index (χ0n) is 10.3. The third kappa shape index (κ3) is 5.71. The Labute approximate surface area is 98.0 Å². The number of rotatable bonds is 8. The Kier molecular flexibility index (Phi) is 7.56. The largest absolute Gasteiger partial charge is 0.481 e. The molecule has 3 nitrogen and oxygen atoms in total. The summed E-state index contributed by atoms with van der Waals surface area (Å²) in [6, 6.07) is -0.360. The molecule has 3 N–H and O–H groups in total. The average molecular weight is 225 g/mol. The summed E-state index contributed by atoms with van der Waals surface area (Å²) in [5.41, 5.74) is 6.89. The Bertz CT molecular complexity index is 259. The molecule has 16 heavy (non-hydrogen) atoms. The van der Waals surface area contributed by atoms with Crippen LogP contribution in [-0.4, -0.2) is 17.1 Å². The zero-order valence-corrected chi connectivity index (χ0v) is 10.3. The van der Waals surface area contributed by atoms with Crippen molar-refractivity contribution in [3.63, 3.8) is 0 Å². The highest BCUT2D eigenvalue weighted by molar-refractivity contribution is 5.68. The second kappa shape index (κ2) is 8.11. The fraction of sp³-hybridized carbons (Fsp3) is 0.615. The highest BCUT2D eigenvalue weighted by Crippen LogP contribution is 2.17. The van der Waals surface area contributed by atoms with E-state index in [1.165, 1.54) is 0 Å². The van der Waals surface area contributed by atoms with E-state index in [4.69, 9.17) is 10.8 Å². The molecule has 0 heterocycles. The van der Waals surface area contributed by atoms with E-state index in [1.807, 2.05) is 13.0 Å². The number of hydrogen-bond acceptors (Lipinski definition) is 2. The minimum atomic E-state index is -0.844. The van der Waals surface area contributed by atoms with E-state index in [-0.39, 0.29) is 12.5 Å². The van der Waals surface area contributed by atoms with Crippen molar-refractivity contribution >= 4 is 5.97 Å². The quantitative estimate of drug-likeness (QED) is 0.624. The molecule has 0 aliphatic heterocycles. The lowest BCUT2D eigenvalue weighted by Gasteiger charge is -2.16. The second-order valence-corrected chi connectivity index (χ2v) is 3.99.